The minimum atomic E-state index is -0.507. The molecule has 0 radical (unpaired) electrons. The van der Waals surface area contributed by atoms with Crippen LogP contribution in [0.1, 0.15) is 5.56 Å². The van der Waals surface area contributed by atoms with Crippen LogP contribution in [0.4, 0.5) is 5.69 Å². The zero-order chi connectivity index (χ0) is 19.9. The van der Waals surface area contributed by atoms with E-state index < -0.39 is 10.8 Å². The Kier molecular flexibility index (Phi) is 5.81. The van der Waals surface area contributed by atoms with E-state index in [-0.39, 0.29) is 12.3 Å². The minimum Gasteiger partial charge on any atom is -0.496 e. The topological polar surface area (TPSA) is 103 Å². The lowest BCUT2D eigenvalue weighted by molar-refractivity contribution is -0.384. The molecule has 0 aromatic heterocycles. The van der Waals surface area contributed by atoms with Crippen LogP contribution in [0.2, 0.25) is 0 Å². The Morgan fingerprint density at radius 3 is 2.61 bits per heavy atom. The number of nitrogens with one attached hydrogen (secondary N) is 1. The normalized spacial score (nSPS) is 10.8. The molecule has 3 aromatic carbocycles. The van der Waals surface area contributed by atoms with Gasteiger partial charge in [0.15, 0.2) is 6.61 Å². The van der Waals surface area contributed by atoms with Gasteiger partial charge in [0.2, 0.25) is 0 Å². The van der Waals surface area contributed by atoms with E-state index in [0.29, 0.717) is 11.5 Å². The molecule has 0 saturated heterocycles. The summed E-state index contributed by atoms with van der Waals surface area (Å²) < 4.78 is 10.7. The van der Waals surface area contributed by atoms with Gasteiger partial charge in [0, 0.05) is 17.7 Å². The van der Waals surface area contributed by atoms with Crippen LogP contribution in [0, 0.1) is 10.1 Å². The van der Waals surface area contributed by atoms with E-state index in [1.165, 1.54) is 30.5 Å². The molecule has 0 aliphatic carbocycles. The van der Waals surface area contributed by atoms with Gasteiger partial charge >= 0.3 is 0 Å². The summed E-state index contributed by atoms with van der Waals surface area (Å²) in [6.45, 7) is -0.276. The summed E-state index contributed by atoms with van der Waals surface area (Å²) in [6, 6.07) is 17.0. The number of carbonyl (C=O) groups is 1. The van der Waals surface area contributed by atoms with Crippen molar-refractivity contribution in [2.75, 3.05) is 13.7 Å². The van der Waals surface area contributed by atoms with Gasteiger partial charge in [-0.1, -0.05) is 30.3 Å². The van der Waals surface area contributed by atoms with E-state index in [9.17, 15) is 14.9 Å². The summed E-state index contributed by atoms with van der Waals surface area (Å²) in [5.41, 5.74) is 3.09. The molecule has 3 aromatic rings. The molecular formula is C20H17N3O5. The number of hydrazone groups is 1. The second kappa shape index (κ2) is 8.63. The van der Waals surface area contributed by atoms with Crippen LogP contribution in [0.25, 0.3) is 10.8 Å². The predicted octanol–water partition coefficient (Wildman–Crippen LogP) is 3.29. The molecule has 142 valence electrons. The first-order valence-electron chi connectivity index (χ1n) is 8.33. The Bertz CT molecular complexity index is 1030. The number of carbonyl (C=O) groups excluding carboxylic acids is 1. The van der Waals surface area contributed by atoms with Crippen molar-refractivity contribution < 1.29 is 19.2 Å². The number of nitrogens with zero attached hydrogens (tertiary/aromatic N) is 2. The molecule has 0 aliphatic heterocycles. The molecule has 3 rings (SSSR count). The fourth-order valence-electron chi connectivity index (χ4n) is 2.60. The number of methoxy groups -OCH3 is 1. The molecule has 1 amide bonds. The molecule has 8 heteroatoms. The van der Waals surface area contributed by atoms with Crippen LogP contribution in [-0.2, 0) is 4.79 Å². The number of non-ortho nitro benzene ring substituents is 1. The molecule has 0 spiro atoms. The highest BCUT2D eigenvalue weighted by atomic mass is 16.6. The SMILES string of the molecule is COc1ccc2ccccc2c1/C=N\NC(=O)COc1ccc([N+](=O)[O-])cc1. The van der Waals surface area contributed by atoms with Crippen LogP contribution in [0.5, 0.6) is 11.5 Å². The summed E-state index contributed by atoms with van der Waals surface area (Å²) in [4.78, 5) is 22.0. The van der Waals surface area contributed by atoms with Crippen molar-refractivity contribution in [3.05, 3.63) is 76.3 Å². The van der Waals surface area contributed by atoms with Crippen molar-refractivity contribution in [2.45, 2.75) is 0 Å². The molecule has 0 unspecified atom stereocenters. The van der Waals surface area contributed by atoms with Crippen molar-refractivity contribution in [3.8, 4) is 11.5 Å². The van der Waals surface area contributed by atoms with Gasteiger partial charge in [0.05, 0.1) is 18.2 Å². The smallest absolute Gasteiger partial charge is 0.277 e. The highest BCUT2D eigenvalue weighted by molar-refractivity contribution is 6.02. The van der Waals surface area contributed by atoms with Crippen molar-refractivity contribution in [3.63, 3.8) is 0 Å². The van der Waals surface area contributed by atoms with E-state index in [0.717, 1.165) is 16.3 Å². The van der Waals surface area contributed by atoms with E-state index >= 15 is 0 Å². The average molecular weight is 379 g/mol. The monoisotopic (exact) mass is 379 g/mol. The van der Waals surface area contributed by atoms with Gasteiger partial charge in [-0.05, 0) is 29.0 Å². The predicted molar refractivity (Wildman–Crippen MR) is 105 cm³/mol. The van der Waals surface area contributed by atoms with Crippen LogP contribution >= 0.6 is 0 Å². The Hall–Kier alpha value is -3.94. The standard InChI is InChI=1S/C20H17N3O5/c1-27-19-11-6-14-4-2-3-5-17(14)18(19)12-21-22-20(24)13-28-16-9-7-15(8-10-16)23(25)26/h2-12H,13H2,1H3,(H,22,24)/b21-12-. The lowest BCUT2D eigenvalue weighted by atomic mass is 10.0. The molecule has 0 heterocycles. The number of nitro benzene ring substituents is 1. The van der Waals surface area contributed by atoms with Gasteiger partial charge in [0.25, 0.3) is 11.6 Å². The maximum atomic E-state index is 11.9. The molecule has 0 aliphatic rings. The third-order valence-corrected chi connectivity index (χ3v) is 3.95. The average Bonchev–Trinajstić information content (AvgIpc) is 2.72. The van der Waals surface area contributed by atoms with Gasteiger partial charge in [-0.15, -0.1) is 0 Å². The van der Waals surface area contributed by atoms with E-state index in [2.05, 4.69) is 10.5 Å². The van der Waals surface area contributed by atoms with Gasteiger partial charge in [-0.2, -0.15) is 5.10 Å². The number of hydrogen-bond donors (Lipinski definition) is 1. The number of ether oxygens (including phenoxy) is 2. The van der Waals surface area contributed by atoms with Gasteiger partial charge in [0.1, 0.15) is 11.5 Å². The van der Waals surface area contributed by atoms with Crippen LogP contribution in [-0.4, -0.2) is 30.8 Å². The number of nitro groups is 1. The Labute approximate surface area is 160 Å². The van der Waals surface area contributed by atoms with E-state index in [4.69, 9.17) is 9.47 Å². The second-order valence-corrected chi connectivity index (χ2v) is 5.74. The fraction of sp³-hybridized carbons (Fsp3) is 0.100. The number of hydrogen-bond acceptors (Lipinski definition) is 6. The Morgan fingerprint density at radius 1 is 1.14 bits per heavy atom. The van der Waals surface area contributed by atoms with Crippen molar-refractivity contribution in [2.24, 2.45) is 5.10 Å². The highest BCUT2D eigenvalue weighted by Crippen LogP contribution is 2.26. The largest absolute Gasteiger partial charge is 0.496 e. The van der Waals surface area contributed by atoms with Gasteiger partial charge < -0.3 is 9.47 Å². The van der Waals surface area contributed by atoms with Crippen LogP contribution in [0.15, 0.2) is 65.8 Å². The highest BCUT2D eigenvalue weighted by Gasteiger charge is 2.08. The first-order valence-corrected chi connectivity index (χ1v) is 8.33. The van der Waals surface area contributed by atoms with Crippen molar-refractivity contribution in [1.29, 1.82) is 0 Å². The first-order chi connectivity index (χ1) is 13.6. The molecule has 0 fully saturated rings. The maximum Gasteiger partial charge on any atom is 0.277 e. The van der Waals surface area contributed by atoms with Crippen molar-refractivity contribution in [1.82, 2.24) is 5.43 Å². The molecule has 1 N–H and O–H groups in total. The zero-order valence-electron chi connectivity index (χ0n) is 15.0. The second-order valence-electron chi connectivity index (χ2n) is 5.74. The molecule has 28 heavy (non-hydrogen) atoms. The molecule has 0 saturated carbocycles. The minimum absolute atomic E-state index is 0.0505. The quantitative estimate of drug-likeness (QED) is 0.385. The summed E-state index contributed by atoms with van der Waals surface area (Å²) in [5, 5.41) is 16.6. The zero-order valence-corrected chi connectivity index (χ0v) is 15.0. The van der Waals surface area contributed by atoms with Gasteiger partial charge in [-0.25, -0.2) is 5.43 Å². The fourth-order valence-corrected chi connectivity index (χ4v) is 2.60. The van der Waals surface area contributed by atoms with E-state index in [1.54, 1.807) is 7.11 Å². The lowest BCUT2D eigenvalue weighted by Crippen LogP contribution is -2.24. The third-order valence-electron chi connectivity index (χ3n) is 3.95. The first kappa shape index (κ1) is 18.8. The molecule has 8 nitrogen and oxygen atoms in total. The summed E-state index contributed by atoms with van der Waals surface area (Å²) in [6.07, 6.45) is 1.52. The molecule has 0 bridgehead atoms. The van der Waals surface area contributed by atoms with Crippen LogP contribution < -0.4 is 14.9 Å². The number of amides is 1. The number of rotatable bonds is 7. The Balaban J connectivity index is 1.62. The van der Waals surface area contributed by atoms with Crippen molar-refractivity contribution >= 4 is 28.6 Å². The van der Waals surface area contributed by atoms with Gasteiger partial charge in [-0.3, -0.25) is 14.9 Å². The summed E-state index contributed by atoms with van der Waals surface area (Å²) >= 11 is 0. The summed E-state index contributed by atoms with van der Waals surface area (Å²) in [5.74, 6) is 0.521. The maximum absolute atomic E-state index is 11.9. The molecular weight excluding hydrogens is 362 g/mol. The lowest BCUT2D eigenvalue weighted by Gasteiger charge is -2.08. The number of benzene rings is 3. The van der Waals surface area contributed by atoms with E-state index in [1.807, 2.05) is 36.4 Å². The Morgan fingerprint density at radius 2 is 1.89 bits per heavy atom. The number of fused-ring (bicyclic) bond motifs is 1. The summed E-state index contributed by atoms with van der Waals surface area (Å²) in [7, 11) is 1.57. The third kappa shape index (κ3) is 4.42. The molecule has 0 atom stereocenters. The van der Waals surface area contributed by atoms with Crippen LogP contribution in [0.3, 0.4) is 0 Å².